The van der Waals surface area contributed by atoms with Crippen LogP contribution in [0.15, 0.2) is 0 Å². The van der Waals surface area contributed by atoms with Gasteiger partial charge in [-0.05, 0) is 51.7 Å². The topological polar surface area (TPSA) is 38.5 Å². The quantitative estimate of drug-likeness (QED) is 0.862. The lowest BCUT2D eigenvalue weighted by Gasteiger charge is -2.42. The number of aromatic amines is 1. The average Bonchev–Trinajstić information content (AvgIpc) is 2.78. The van der Waals surface area contributed by atoms with E-state index in [1.54, 1.807) is 0 Å². The van der Waals surface area contributed by atoms with Gasteiger partial charge in [0, 0.05) is 12.1 Å². The third kappa shape index (κ3) is 1.37. The van der Waals surface area contributed by atoms with Crippen LogP contribution in [0.4, 0.5) is 0 Å². The number of hydrogen-bond donors (Lipinski definition) is 1. The molecule has 2 aromatic rings. The Balaban J connectivity index is 2.34. The van der Waals surface area contributed by atoms with Crippen LogP contribution in [0, 0.1) is 11.7 Å². The molecule has 2 heterocycles. The lowest BCUT2D eigenvalue weighted by molar-refractivity contribution is 0.138. The van der Waals surface area contributed by atoms with E-state index in [9.17, 15) is 0 Å². The monoisotopic (exact) mass is 264 g/mol. The maximum atomic E-state index is 5.55. The highest BCUT2D eigenvalue weighted by molar-refractivity contribution is 7.71. The van der Waals surface area contributed by atoms with E-state index in [2.05, 4.69) is 33.2 Å². The van der Waals surface area contributed by atoms with Crippen molar-refractivity contribution in [1.29, 1.82) is 0 Å². The van der Waals surface area contributed by atoms with Crippen LogP contribution in [0.1, 0.15) is 45.2 Å². The number of imidazole rings is 1. The standard InChI is InChI=1S/C13H20N4S/c1-4-13(7-6-8-13)17-11-10(14-12(17)18)9(3)15-16(11)5-2/h4-8H2,1-3H3,(H,14,18). The second kappa shape index (κ2) is 3.95. The first-order valence-electron chi connectivity index (χ1n) is 6.81. The molecule has 0 radical (unpaired) electrons. The molecule has 2 aromatic heterocycles. The van der Waals surface area contributed by atoms with E-state index in [0.717, 1.165) is 28.9 Å². The number of nitrogens with one attached hydrogen (secondary N) is 1. The summed E-state index contributed by atoms with van der Waals surface area (Å²) in [5.41, 5.74) is 3.57. The third-order valence-electron chi connectivity index (χ3n) is 4.46. The second-order valence-electron chi connectivity index (χ2n) is 5.30. The van der Waals surface area contributed by atoms with Gasteiger partial charge in [-0.2, -0.15) is 5.10 Å². The summed E-state index contributed by atoms with van der Waals surface area (Å²) < 4.78 is 5.27. The lowest BCUT2D eigenvalue weighted by Crippen LogP contribution is -2.40. The zero-order valence-corrected chi connectivity index (χ0v) is 12.1. The molecule has 1 aliphatic rings. The summed E-state index contributed by atoms with van der Waals surface area (Å²) in [6.45, 7) is 7.32. The summed E-state index contributed by atoms with van der Waals surface area (Å²) >= 11 is 5.55. The number of aromatic nitrogens is 4. The molecule has 1 N–H and O–H groups in total. The Morgan fingerprint density at radius 3 is 2.61 bits per heavy atom. The maximum absolute atomic E-state index is 5.55. The first kappa shape index (κ1) is 12.0. The zero-order valence-electron chi connectivity index (χ0n) is 11.3. The largest absolute Gasteiger partial charge is 0.328 e. The summed E-state index contributed by atoms with van der Waals surface area (Å²) in [4.78, 5) is 3.35. The fraction of sp³-hybridized carbons (Fsp3) is 0.692. The summed E-state index contributed by atoms with van der Waals surface area (Å²) in [5.74, 6) is 0. The number of rotatable bonds is 3. The van der Waals surface area contributed by atoms with Gasteiger partial charge in [-0.25, -0.2) is 4.68 Å². The van der Waals surface area contributed by atoms with Gasteiger partial charge < -0.3 is 4.98 Å². The minimum atomic E-state index is 0.231. The number of H-pyrrole nitrogens is 1. The molecule has 0 atom stereocenters. The number of hydrogen-bond acceptors (Lipinski definition) is 2. The third-order valence-corrected chi connectivity index (χ3v) is 4.75. The number of fused-ring (bicyclic) bond motifs is 1. The van der Waals surface area contributed by atoms with Crippen LogP contribution in [0.3, 0.4) is 0 Å². The summed E-state index contributed by atoms with van der Waals surface area (Å²) in [6.07, 6.45) is 4.92. The zero-order chi connectivity index (χ0) is 12.9. The molecule has 0 aromatic carbocycles. The molecule has 5 heteroatoms. The average molecular weight is 264 g/mol. The first-order valence-corrected chi connectivity index (χ1v) is 7.22. The molecule has 0 spiro atoms. The van der Waals surface area contributed by atoms with Gasteiger partial charge >= 0.3 is 0 Å². The van der Waals surface area contributed by atoms with Crippen LogP contribution < -0.4 is 0 Å². The van der Waals surface area contributed by atoms with Crippen molar-refractivity contribution >= 4 is 23.4 Å². The molecular weight excluding hydrogens is 244 g/mol. The fourth-order valence-corrected chi connectivity index (χ4v) is 3.56. The van der Waals surface area contributed by atoms with Crippen LogP contribution in [0.25, 0.3) is 11.2 Å². The van der Waals surface area contributed by atoms with E-state index < -0.39 is 0 Å². The SMILES string of the molecule is CCn1nc(C)c2[nH]c(=S)n(C3(CC)CCC3)c21. The van der Waals surface area contributed by atoms with Gasteiger partial charge in [-0.1, -0.05) is 6.92 Å². The molecule has 3 rings (SSSR count). The molecule has 1 aliphatic carbocycles. The Kier molecular flexibility index (Phi) is 2.62. The van der Waals surface area contributed by atoms with Crippen LogP contribution in [-0.2, 0) is 12.1 Å². The van der Waals surface area contributed by atoms with Gasteiger partial charge in [0.1, 0.15) is 5.52 Å². The Morgan fingerprint density at radius 1 is 1.39 bits per heavy atom. The normalized spacial score (nSPS) is 18.2. The van der Waals surface area contributed by atoms with Gasteiger partial charge in [-0.3, -0.25) is 4.57 Å². The van der Waals surface area contributed by atoms with Gasteiger partial charge in [0.05, 0.1) is 5.69 Å². The van der Waals surface area contributed by atoms with Crippen molar-refractivity contribution in [2.24, 2.45) is 0 Å². The van der Waals surface area contributed by atoms with E-state index >= 15 is 0 Å². The highest BCUT2D eigenvalue weighted by Gasteiger charge is 2.39. The molecular formula is C13H20N4S. The smallest absolute Gasteiger partial charge is 0.179 e. The van der Waals surface area contributed by atoms with E-state index in [-0.39, 0.29) is 5.54 Å². The highest BCUT2D eigenvalue weighted by atomic mass is 32.1. The van der Waals surface area contributed by atoms with Crippen LogP contribution in [0.5, 0.6) is 0 Å². The van der Waals surface area contributed by atoms with Gasteiger partial charge in [0.15, 0.2) is 10.4 Å². The van der Waals surface area contributed by atoms with Crippen molar-refractivity contribution in [3.05, 3.63) is 10.5 Å². The Bertz CT molecular complexity index is 636. The molecule has 1 saturated carbocycles. The first-order chi connectivity index (χ1) is 8.63. The van der Waals surface area contributed by atoms with Crippen LogP contribution in [-0.4, -0.2) is 19.3 Å². The van der Waals surface area contributed by atoms with Crippen LogP contribution >= 0.6 is 12.2 Å². The molecule has 0 bridgehead atoms. The van der Waals surface area contributed by atoms with Gasteiger partial charge in [0.25, 0.3) is 0 Å². The van der Waals surface area contributed by atoms with E-state index in [4.69, 9.17) is 12.2 Å². The molecule has 18 heavy (non-hydrogen) atoms. The molecule has 0 saturated heterocycles. The van der Waals surface area contributed by atoms with Gasteiger partial charge in [-0.15, -0.1) is 0 Å². The number of nitrogens with zero attached hydrogens (tertiary/aromatic N) is 3. The molecule has 98 valence electrons. The summed E-state index contributed by atoms with van der Waals surface area (Å²) in [7, 11) is 0. The predicted octanol–water partition coefficient (Wildman–Crippen LogP) is 3.51. The van der Waals surface area contributed by atoms with Crippen molar-refractivity contribution in [3.8, 4) is 0 Å². The highest BCUT2D eigenvalue weighted by Crippen LogP contribution is 2.44. The minimum Gasteiger partial charge on any atom is -0.328 e. The molecule has 0 unspecified atom stereocenters. The van der Waals surface area contributed by atoms with Crippen LogP contribution in [0.2, 0.25) is 0 Å². The molecule has 0 aliphatic heterocycles. The Hall–Kier alpha value is -1.10. The van der Waals surface area contributed by atoms with Crippen molar-refractivity contribution in [3.63, 3.8) is 0 Å². The predicted molar refractivity (Wildman–Crippen MR) is 75.4 cm³/mol. The Morgan fingerprint density at radius 2 is 2.11 bits per heavy atom. The van der Waals surface area contributed by atoms with Crippen molar-refractivity contribution in [2.45, 2.75) is 58.5 Å². The van der Waals surface area contributed by atoms with Gasteiger partial charge in [0.2, 0.25) is 0 Å². The van der Waals surface area contributed by atoms with Crippen molar-refractivity contribution in [1.82, 2.24) is 19.3 Å². The maximum Gasteiger partial charge on any atom is 0.179 e. The van der Waals surface area contributed by atoms with Crippen molar-refractivity contribution in [2.75, 3.05) is 0 Å². The Labute approximate surface area is 112 Å². The second-order valence-corrected chi connectivity index (χ2v) is 5.68. The number of aryl methyl sites for hydroxylation is 2. The van der Waals surface area contributed by atoms with E-state index in [1.165, 1.54) is 24.9 Å². The van der Waals surface area contributed by atoms with Crippen molar-refractivity contribution < 1.29 is 0 Å². The summed E-state index contributed by atoms with van der Waals surface area (Å²) in [6, 6.07) is 0. The molecule has 1 fully saturated rings. The molecule has 4 nitrogen and oxygen atoms in total. The fourth-order valence-electron chi connectivity index (χ4n) is 3.18. The molecule has 0 amide bonds. The minimum absolute atomic E-state index is 0.231. The van der Waals surface area contributed by atoms with E-state index in [0.29, 0.717) is 0 Å². The summed E-state index contributed by atoms with van der Waals surface area (Å²) in [5, 5.41) is 4.59. The van der Waals surface area contributed by atoms with E-state index in [1.807, 2.05) is 6.92 Å². The lowest BCUT2D eigenvalue weighted by atomic mass is 9.74.